The number of ether oxygens (including phenoxy) is 1. The molecule has 2 aromatic rings. The van der Waals surface area contributed by atoms with Crippen molar-refractivity contribution in [2.75, 3.05) is 12.8 Å². The SMILES string of the molecule is COc1ccc(Cn2nc(Cl)cc(N)c2=O)cc1. The molecule has 1 aromatic carbocycles. The van der Waals surface area contributed by atoms with Gasteiger partial charge in [-0.3, -0.25) is 4.79 Å². The Morgan fingerprint density at radius 3 is 2.67 bits per heavy atom. The molecule has 1 aromatic heterocycles. The third-order valence-electron chi connectivity index (χ3n) is 2.46. The van der Waals surface area contributed by atoms with Crippen molar-refractivity contribution in [1.82, 2.24) is 9.78 Å². The van der Waals surface area contributed by atoms with E-state index in [1.165, 1.54) is 10.7 Å². The molecule has 0 unspecified atom stereocenters. The molecule has 5 nitrogen and oxygen atoms in total. The van der Waals surface area contributed by atoms with E-state index in [1.54, 1.807) is 7.11 Å². The zero-order chi connectivity index (χ0) is 13.1. The van der Waals surface area contributed by atoms with Crippen LogP contribution < -0.4 is 16.0 Å². The number of nitrogen functional groups attached to an aromatic ring is 1. The van der Waals surface area contributed by atoms with E-state index < -0.39 is 0 Å². The number of hydrogen-bond acceptors (Lipinski definition) is 4. The van der Waals surface area contributed by atoms with Crippen molar-refractivity contribution in [2.24, 2.45) is 0 Å². The molecule has 0 fully saturated rings. The molecule has 0 radical (unpaired) electrons. The first-order valence-electron chi connectivity index (χ1n) is 5.26. The van der Waals surface area contributed by atoms with E-state index in [4.69, 9.17) is 22.1 Å². The number of rotatable bonds is 3. The lowest BCUT2D eigenvalue weighted by Crippen LogP contribution is -2.25. The van der Waals surface area contributed by atoms with E-state index in [0.29, 0.717) is 6.54 Å². The van der Waals surface area contributed by atoms with Gasteiger partial charge in [0.2, 0.25) is 0 Å². The number of nitrogens with zero attached hydrogens (tertiary/aromatic N) is 2. The van der Waals surface area contributed by atoms with Crippen LogP contribution in [0, 0.1) is 0 Å². The van der Waals surface area contributed by atoms with Crippen molar-refractivity contribution in [2.45, 2.75) is 6.54 Å². The molecule has 1 heterocycles. The van der Waals surface area contributed by atoms with Gasteiger partial charge < -0.3 is 10.5 Å². The number of nitrogens with two attached hydrogens (primary N) is 1. The monoisotopic (exact) mass is 265 g/mol. The summed E-state index contributed by atoms with van der Waals surface area (Å²) in [5, 5.41) is 4.12. The maximum atomic E-state index is 11.7. The average Bonchev–Trinajstić information content (AvgIpc) is 2.36. The summed E-state index contributed by atoms with van der Waals surface area (Å²) in [5.74, 6) is 0.754. The van der Waals surface area contributed by atoms with Crippen LogP contribution in [0.5, 0.6) is 5.75 Å². The van der Waals surface area contributed by atoms with Crippen LogP contribution >= 0.6 is 11.6 Å². The average molecular weight is 266 g/mol. The second kappa shape index (κ2) is 5.10. The maximum Gasteiger partial charge on any atom is 0.290 e. The Labute approximate surface area is 109 Å². The molecule has 6 heteroatoms. The lowest BCUT2D eigenvalue weighted by molar-refractivity contribution is 0.414. The molecule has 0 aliphatic heterocycles. The van der Waals surface area contributed by atoms with Gasteiger partial charge in [0.15, 0.2) is 5.15 Å². The minimum Gasteiger partial charge on any atom is -0.497 e. The van der Waals surface area contributed by atoms with Gasteiger partial charge in [0.25, 0.3) is 5.56 Å². The van der Waals surface area contributed by atoms with Crippen molar-refractivity contribution in [3.63, 3.8) is 0 Å². The van der Waals surface area contributed by atoms with Gasteiger partial charge in [-0.2, -0.15) is 5.10 Å². The molecule has 0 atom stereocenters. The van der Waals surface area contributed by atoms with E-state index in [0.717, 1.165) is 11.3 Å². The van der Waals surface area contributed by atoms with Crippen LogP contribution in [0.4, 0.5) is 5.69 Å². The molecule has 0 aliphatic carbocycles. The van der Waals surface area contributed by atoms with Gasteiger partial charge in [-0.05, 0) is 17.7 Å². The van der Waals surface area contributed by atoms with Gasteiger partial charge in [-0.1, -0.05) is 23.7 Å². The summed E-state index contributed by atoms with van der Waals surface area (Å²) in [7, 11) is 1.60. The van der Waals surface area contributed by atoms with Crippen molar-refractivity contribution in [3.05, 3.63) is 51.4 Å². The lowest BCUT2D eigenvalue weighted by atomic mass is 10.2. The minimum absolute atomic E-state index is 0.0866. The van der Waals surface area contributed by atoms with Crippen LogP contribution in [-0.4, -0.2) is 16.9 Å². The quantitative estimate of drug-likeness (QED) is 0.914. The summed E-state index contributed by atoms with van der Waals surface area (Å²) in [6.07, 6.45) is 0. The van der Waals surface area contributed by atoms with E-state index >= 15 is 0 Å². The first-order chi connectivity index (χ1) is 8.60. The summed E-state index contributed by atoms with van der Waals surface area (Å²) in [6.45, 7) is 0.313. The van der Waals surface area contributed by atoms with Gasteiger partial charge in [0.05, 0.1) is 13.7 Å². The van der Waals surface area contributed by atoms with E-state index in [1.807, 2.05) is 24.3 Å². The molecule has 0 amide bonds. The normalized spacial score (nSPS) is 10.3. The van der Waals surface area contributed by atoms with E-state index in [9.17, 15) is 4.79 Å². The van der Waals surface area contributed by atoms with Crippen molar-refractivity contribution < 1.29 is 4.74 Å². The van der Waals surface area contributed by atoms with Crippen LogP contribution in [0.25, 0.3) is 0 Å². The molecule has 2 N–H and O–H groups in total. The van der Waals surface area contributed by atoms with Gasteiger partial charge in [0, 0.05) is 6.07 Å². The topological polar surface area (TPSA) is 70.1 Å². The molecule has 2 rings (SSSR count). The second-order valence-electron chi connectivity index (χ2n) is 3.73. The molecule has 0 saturated heterocycles. The van der Waals surface area contributed by atoms with Crippen molar-refractivity contribution >= 4 is 17.3 Å². The van der Waals surface area contributed by atoms with E-state index in [2.05, 4.69) is 5.10 Å². The fourth-order valence-corrected chi connectivity index (χ4v) is 1.75. The standard InChI is InChI=1S/C12H12ClN3O2/c1-18-9-4-2-8(3-5-9)7-16-12(17)10(14)6-11(13)15-16/h2-6H,7,14H2,1H3. The largest absolute Gasteiger partial charge is 0.497 e. The first kappa shape index (κ1) is 12.4. The molecule has 0 bridgehead atoms. The Balaban J connectivity index is 2.31. The van der Waals surface area contributed by atoms with Crippen LogP contribution in [0.15, 0.2) is 35.1 Å². The number of benzene rings is 1. The number of aromatic nitrogens is 2. The van der Waals surface area contributed by atoms with Crippen LogP contribution in [0.2, 0.25) is 5.15 Å². The molecular formula is C12H12ClN3O2. The minimum atomic E-state index is -0.352. The molecule has 0 saturated carbocycles. The molecule has 18 heavy (non-hydrogen) atoms. The fraction of sp³-hybridized carbons (Fsp3) is 0.167. The van der Waals surface area contributed by atoms with Crippen molar-refractivity contribution in [3.8, 4) is 5.75 Å². The summed E-state index contributed by atoms with van der Waals surface area (Å²) in [6, 6.07) is 8.67. The van der Waals surface area contributed by atoms with Gasteiger partial charge in [0.1, 0.15) is 11.4 Å². The van der Waals surface area contributed by atoms with Crippen molar-refractivity contribution in [1.29, 1.82) is 0 Å². The Hall–Kier alpha value is -2.01. The van der Waals surface area contributed by atoms with Crippen LogP contribution in [0.3, 0.4) is 0 Å². The lowest BCUT2D eigenvalue weighted by Gasteiger charge is -2.07. The highest BCUT2D eigenvalue weighted by Gasteiger charge is 2.05. The van der Waals surface area contributed by atoms with Crippen LogP contribution in [-0.2, 0) is 6.54 Å². The zero-order valence-corrected chi connectivity index (χ0v) is 10.5. The highest BCUT2D eigenvalue weighted by atomic mass is 35.5. The van der Waals surface area contributed by atoms with E-state index in [-0.39, 0.29) is 16.4 Å². The molecule has 0 spiro atoms. The van der Waals surface area contributed by atoms with Gasteiger partial charge >= 0.3 is 0 Å². The summed E-state index contributed by atoms with van der Waals surface area (Å²) in [5.41, 5.74) is 6.19. The number of methoxy groups -OCH3 is 1. The molecule has 94 valence electrons. The number of hydrogen-bond donors (Lipinski definition) is 1. The zero-order valence-electron chi connectivity index (χ0n) is 9.76. The molecule has 0 aliphatic rings. The first-order valence-corrected chi connectivity index (χ1v) is 5.64. The predicted molar refractivity (Wildman–Crippen MR) is 70.0 cm³/mol. The maximum absolute atomic E-state index is 11.7. The highest BCUT2D eigenvalue weighted by Crippen LogP contribution is 2.12. The third-order valence-corrected chi connectivity index (χ3v) is 2.65. The Kier molecular flexibility index (Phi) is 3.53. The summed E-state index contributed by atoms with van der Waals surface area (Å²) in [4.78, 5) is 11.7. The summed E-state index contributed by atoms with van der Waals surface area (Å²) < 4.78 is 6.29. The Morgan fingerprint density at radius 2 is 2.06 bits per heavy atom. The second-order valence-corrected chi connectivity index (χ2v) is 4.12. The Morgan fingerprint density at radius 1 is 1.39 bits per heavy atom. The molecular weight excluding hydrogens is 254 g/mol. The predicted octanol–water partition coefficient (Wildman–Crippen LogP) is 1.54. The number of anilines is 1. The van der Waals surface area contributed by atoms with Gasteiger partial charge in [-0.25, -0.2) is 4.68 Å². The Bertz CT molecular complexity index is 608. The smallest absolute Gasteiger partial charge is 0.290 e. The van der Waals surface area contributed by atoms with Crippen LogP contribution in [0.1, 0.15) is 5.56 Å². The van der Waals surface area contributed by atoms with Gasteiger partial charge in [-0.15, -0.1) is 0 Å². The number of halogens is 1. The highest BCUT2D eigenvalue weighted by molar-refractivity contribution is 6.29. The summed E-state index contributed by atoms with van der Waals surface area (Å²) >= 11 is 5.77. The third kappa shape index (κ3) is 2.62. The fourth-order valence-electron chi connectivity index (χ4n) is 1.54.